The van der Waals surface area contributed by atoms with E-state index in [1.807, 2.05) is 0 Å². The van der Waals surface area contributed by atoms with Crippen molar-refractivity contribution >= 4 is 0 Å². The predicted molar refractivity (Wildman–Crippen MR) is 3.61 cm³/mol. The van der Waals surface area contributed by atoms with Gasteiger partial charge in [0.25, 0.3) is 0 Å². The molecule has 0 aromatic rings. The van der Waals surface area contributed by atoms with E-state index in [0.29, 0.717) is 0 Å². The fourth-order valence-corrected chi connectivity index (χ4v) is 0. The summed E-state index contributed by atoms with van der Waals surface area (Å²) in [5.74, 6) is 0. The second kappa shape index (κ2) is 20.2. The molecule has 0 unspecified atom stereocenters. The first-order valence-corrected chi connectivity index (χ1v) is 0. The van der Waals surface area contributed by atoms with Gasteiger partial charge in [-0.1, -0.05) is 0 Å². The molecule has 0 aliphatic heterocycles. The summed E-state index contributed by atoms with van der Waals surface area (Å²) in [6.07, 6.45) is 0. The SMILES string of the molecule is O.[Co].[Zn].[Zr]. The number of hydrogen-bond donors (Lipinski definition) is 0. The van der Waals surface area contributed by atoms with Crippen LogP contribution in [0.4, 0.5) is 0 Å². The Hall–Kier alpha value is 1.97. The van der Waals surface area contributed by atoms with Gasteiger partial charge in [-0.2, -0.15) is 0 Å². The fraction of sp³-hybridized carbons (Fsp3) is 0. The third-order valence-corrected chi connectivity index (χ3v) is 0. The Kier molecular flexibility index (Phi) is 191. The number of hydrogen-bond acceptors (Lipinski definition) is 0. The summed E-state index contributed by atoms with van der Waals surface area (Å²) in [6.45, 7) is 0. The summed E-state index contributed by atoms with van der Waals surface area (Å²) in [5, 5.41) is 0. The molecule has 23 valence electrons. The standard InChI is InChI=1S/Co.H2O.Zn.Zr/h;1H2;;. The zero-order valence-corrected chi connectivity index (χ0v) is 8.51. The second-order valence-electron chi connectivity index (χ2n) is 0. The molecule has 1 nitrogen and oxygen atoms in total. The van der Waals surface area contributed by atoms with E-state index < -0.39 is 0 Å². The monoisotopic (exact) mass is 231 g/mol. The molecular weight excluding hydrogens is 232 g/mol. The van der Waals surface area contributed by atoms with E-state index in [0.717, 1.165) is 0 Å². The van der Waals surface area contributed by atoms with Gasteiger partial charge in [0.05, 0.1) is 0 Å². The summed E-state index contributed by atoms with van der Waals surface area (Å²) < 4.78 is 0. The first-order chi connectivity index (χ1) is 0. The van der Waals surface area contributed by atoms with Crippen molar-refractivity contribution in [3.05, 3.63) is 0 Å². The van der Waals surface area contributed by atoms with Crippen LogP contribution in [0, 0.1) is 0 Å². The molecular formula is H2CoOZnZr. The van der Waals surface area contributed by atoms with E-state index in [1.165, 1.54) is 0 Å². The molecule has 0 rings (SSSR count). The van der Waals surface area contributed by atoms with E-state index >= 15 is 0 Å². The molecule has 0 fully saturated rings. The summed E-state index contributed by atoms with van der Waals surface area (Å²) in [4.78, 5) is 0. The van der Waals surface area contributed by atoms with Crippen LogP contribution in [0.2, 0.25) is 0 Å². The molecule has 0 aromatic carbocycles. The van der Waals surface area contributed by atoms with Gasteiger partial charge in [-0.3, -0.25) is 0 Å². The second-order valence-corrected chi connectivity index (χ2v) is 0. The molecule has 0 atom stereocenters. The van der Waals surface area contributed by atoms with Crippen molar-refractivity contribution in [2.24, 2.45) is 0 Å². The zero-order valence-electron chi connectivity index (χ0n) is 2.04. The first-order valence-electron chi connectivity index (χ1n) is 0. The molecule has 2 N–H and O–H groups in total. The van der Waals surface area contributed by atoms with Crippen molar-refractivity contribution in [3.63, 3.8) is 0 Å². The fourth-order valence-electron chi connectivity index (χ4n) is 0. The normalized spacial score (nSPS) is 0. The van der Waals surface area contributed by atoms with Gasteiger partial charge < -0.3 is 5.48 Å². The third kappa shape index (κ3) is 9.02. The van der Waals surface area contributed by atoms with Crippen molar-refractivity contribution in [1.82, 2.24) is 0 Å². The van der Waals surface area contributed by atoms with Crippen LogP contribution < -0.4 is 0 Å². The van der Waals surface area contributed by atoms with E-state index in [-0.39, 0.29) is 67.9 Å². The Bertz CT molecular complexity index is 8.00. The average molecular weight is 234 g/mol. The largest absolute Gasteiger partial charge is 0.412 e. The Morgan fingerprint density at radius 3 is 1.00 bits per heavy atom. The van der Waals surface area contributed by atoms with Gasteiger partial charge in [-0.05, 0) is 0 Å². The quantitative estimate of drug-likeness (QED) is 0.489. The maximum absolute atomic E-state index is 0. The molecule has 0 heterocycles. The van der Waals surface area contributed by atoms with Crippen LogP contribution in [0.5, 0.6) is 0 Å². The molecule has 0 bridgehead atoms. The zero-order chi connectivity index (χ0) is 0. The molecule has 4 heavy (non-hydrogen) atoms. The first kappa shape index (κ1) is 37.9. The van der Waals surface area contributed by atoms with Crippen LogP contribution in [0.25, 0.3) is 0 Å². The van der Waals surface area contributed by atoms with Crippen LogP contribution in [-0.2, 0) is 62.5 Å². The van der Waals surface area contributed by atoms with E-state index in [4.69, 9.17) is 0 Å². The average Bonchev–Trinajstić information content (AvgIpc) is 0. The number of rotatable bonds is 0. The summed E-state index contributed by atoms with van der Waals surface area (Å²) in [7, 11) is 0. The van der Waals surface area contributed by atoms with Crippen molar-refractivity contribution in [2.75, 3.05) is 0 Å². The van der Waals surface area contributed by atoms with E-state index in [2.05, 4.69) is 0 Å². The van der Waals surface area contributed by atoms with E-state index in [1.54, 1.807) is 0 Å². The minimum Gasteiger partial charge on any atom is -0.412 e. The van der Waals surface area contributed by atoms with Crippen molar-refractivity contribution in [1.29, 1.82) is 0 Å². The molecule has 0 spiro atoms. The van der Waals surface area contributed by atoms with Gasteiger partial charge in [0.1, 0.15) is 0 Å². The molecule has 0 amide bonds. The Morgan fingerprint density at radius 1 is 1.00 bits per heavy atom. The minimum atomic E-state index is 0. The van der Waals surface area contributed by atoms with Crippen LogP contribution in [0.15, 0.2) is 0 Å². The molecule has 0 saturated carbocycles. The Balaban J connectivity index is 0. The Labute approximate surface area is 67.3 Å². The van der Waals surface area contributed by atoms with Crippen molar-refractivity contribution in [2.45, 2.75) is 0 Å². The van der Waals surface area contributed by atoms with Gasteiger partial charge in [0.2, 0.25) is 0 Å². The van der Waals surface area contributed by atoms with Crippen LogP contribution >= 0.6 is 0 Å². The van der Waals surface area contributed by atoms with Crippen LogP contribution in [0.3, 0.4) is 0 Å². The summed E-state index contributed by atoms with van der Waals surface area (Å²) in [5.41, 5.74) is 0. The van der Waals surface area contributed by atoms with Crippen LogP contribution in [0.1, 0.15) is 0 Å². The molecule has 0 aromatic heterocycles. The van der Waals surface area contributed by atoms with Crippen LogP contribution in [-0.4, -0.2) is 5.48 Å². The molecule has 4 heteroatoms. The molecule has 0 aliphatic rings. The Morgan fingerprint density at radius 2 is 1.00 bits per heavy atom. The minimum absolute atomic E-state index is 0. The van der Waals surface area contributed by atoms with Crippen molar-refractivity contribution < 1.29 is 67.9 Å². The molecule has 0 saturated heterocycles. The van der Waals surface area contributed by atoms with Gasteiger partial charge >= 0.3 is 0 Å². The third-order valence-electron chi connectivity index (χ3n) is 0. The van der Waals surface area contributed by atoms with Gasteiger partial charge in [0, 0.05) is 62.5 Å². The summed E-state index contributed by atoms with van der Waals surface area (Å²) >= 11 is 0. The predicted octanol–water partition coefficient (Wildman–Crippen LogP) is -0.832. The van der Waals surface area contributed by atoms with Gasteiger partial charge in [-0.15, -0.1) is 0 Å². The molecule has 0 aliphatic carbocycles. The topological polar surface area (TPSA) is 31.5 Å². The van der Waals surface area contributed by atoms with Gasteiger partial charge in [-0.25, -0.2) is 0 Å². The van der Waals surface area contributed by atoms with Crippen molar-refractivity contribution in [3.8, 4) is 0 Å². The maximum atomic E-state index is 0. The van der Waals surface area contributed by atoms with Gasteiger partial charge in [0.15, 0.2) is 0 Å². The maximum Gasteiger partial charge on any atom is 0 e. The summed E-state index contributed by atoms with van der Waals surface area (Å²) in [6, 6.07) is 0. The smallest absolute Gasteiger partial charge is 0 e. The molecule has 1 radical (unpaired) electrons. The van der Waals surface area contributed by atoms with E-state index in [9.17, 15) is 0 Å².